The van der Waals surface area contributed by atoms with E-state index in [9.17, 15) is 4.79 Å². The van der Waals surface area contributed by atoms with Crippen molar-refractivity contribution in [3.8, 4) is 0 Å². The molecule has 1 fully saturated rings. The van der Waals surface area contributed by atoms with E-state index in [4.69, 9.17) is 15.9 Å². The summed E-state index contributed by atoms with van der Waals surface area (Å²) in [4.78, 5) is 11.3. The van der Waals surface area contributed by atoms with Crippen LogP contribution in [0.1, 0.15) is 39.5 Å². The van der Waals surface area contributed by atoms with Gasteiger partial charge in [-0.05, 0) is 32.1 Å². The second-order valence-electron chi connectivity index (χ2n) is 4.70. The molecule has 0 bridgehead atoms. The normalized spacial score (nSPS) is 22.8. The first-order valence-corrected chi connectivity index (χ1v) is 6.30. The van der Waals surface area contributed by atoms with E-state index in [2.05, 4.69) is 12.2 Å². The Kier molecular flexibility index (Phi) is 11.3. The van der Waals surface area contributed by atoms with Gasteiger partial charge in [-0.15, -0.1) is 24.8 Å². The number of carbonyl (C=O) groups excluding carboxylic acids is 1. The predicted molar refractivity (Wildman–Crippen MR) is 81.4 cm³/mol. The molecule has 7 heteroatoms. The zero-order valence-corrected chi connectivity index (χ0v) is 13.1. The quantitative estimate of drug-likeness (QED) is 0.653. The van der Waals surface area contributed by atoms with E-state index in [1.54, 1.807) is 6.92 Å². The van der Waals surface area contributed by atoms with Gasteiger partial charge in [-0.1, -0.05) is 6.92 Å². The Hall–Kier alpha value is -0.520. The lowest BCUT2D eigenvalue weighted by molar-refractivity contribution is -0.144. The lowest BCUT2D eigenvalue weighted by Crippen LogP contribution is -2.33. The molecule has 4 N–H and O–H groups in total. The molecule has 1 heterocycles. The van der Waals surface area contributed by atoms with Crippen LogP contribution >= 0.6 is 24.8 Å². The molecule has 114 valence electrons. The van der Waals surface area contributed by atoms with Gasteiger partial charge in [-0.3, -0.25) is 10.2 Å². The molecule has 1 aliphatic rings. The number of hydrogen-bond acceptors (Lipinski definition) is 4. The molecule has 0 aromatic rings. The molecule has 0 saturated carbocycles. The monoisotopic (exact) mass is 313 g/mol. The molecule has 5 nitrogen and oxygen atoms in total. The topological polar surface area (TPSA) is 88.2 Å². The van der Waals surface area contributed by atoms with Gasteiger partial charge in [0, 0.05) is 12.5 Å². The molecule has 0 aromatic carbocycles. The van der Waals surface area contributed by atoms with Crippen LogP contribution in [0.2, 0.25) is 0 Å². The second kappa shape index (κ2) is 10.3. The Labute approximate surface area is 127 Å². The van der Waals surface area contributed by atoms with Crippen LogP contribution in [0, 0.1) is 11.3 Å². The highest BCUT2D eigenvalue weighted by molar-refractivity contribution is 5.85. The number of rotatable bonds is 6. The fourth-order valence-electron chi connectivity index (χ4n) is 2.17. The summed E-state index contributed by atoms with van der Waals surface area (Å²) in [7, 11) is 0. The Balaban J connectivity index is 0. The van der Waals surface area contributed by atoms with Gasteiger partial charge < -0.3 is 15.8 Å². The number of ether oxygens (including phenoxy) is 1. The molecule has 1 aliphatic heterocycles. The summed E-state index contributed by atoms with van der Waals surface area (Å²) in [6, 6.07) is -0.150. The Morgan fingerprint density at radius 2 is 2.21 bits per heavy atom. The molecule has 3 atom stereocenters. The highest BCUT2D eigenvalue weighted by Crippen LogP contribution is 2.20. The molecular formula is C12H25Cl2N3O2. The minimum Gasteiger partial charge on any atom is -0.465 e. The molecule has 1 rings (SSSR count). The Morgan fingerprint density at radius 1 is 1.58 bits per heavy atom. The maximum Gasteiger partial charge on any atom is 0.322 e. The summed E-state index contributed by atoms with van der Waals surface area (Å²) in [5.74, 6) is 0.811. The summed E-state index contributed by atoms with van der Waals surface area (Å²) < 4.78 is 4.85. The van der Waals surface area contributed by atoms with Gasteiger partial charge in [-0.2, -0.15) is 0 Å². The largest absolute Gasteiger partial charge is 0.465 e. The molecule has 0 aromatic heterocycles. The summed E-state index contributed by atoms with van der Waals surface area (Å²) >= 11 is 0. The number of halogens is 2. The average molecular weight is 314 g/mol. The van der Waals surface area contributed by atoms with Gasteiger partial charge in [0.05, 0.1) is 12.4 Å². The maximum absolute atomic E-state index is 11.3. The third-order valence-corrected chi connectivity index (χ3v) is 3.19. The third-order valence-electron chi connectivity index (χ3n) is 3.19. The summed E-state index contributed by atoms with van der Waals surface area (Å²) in [5, 5.41) is 10.7. The van der Waals surface area contributed by atoms with Crippen LogP contribution < -0.4 is 11.1 Å². The highest BCUT2D eigenvalue weighted by atomic mass is 35.5. The minimum absolute atomic E-state index is 0. The third kappa shape index (κ3) is 6.99. The van der Waals surface area contributed by atoms with E-state index in [0.29, 0.717) is 30.8 Å². The van der Waals surface area contributed by atoms with Crippen LogP contribution in [0.4, 0.5) is 0 Å². The SMILES string of the molecule is CCOC(=O)C(N)CCCC1NC(=N)CC1C.Cl.Cl. The number of esters is 1. The first-order valence-electron chi connectivity index (χ1n) is 6.30. The van der Waals surface area contributed by atoms with Crippen LogP contribution in [0.25, 0.3) is 0 Å². The second-order valence-corrected chi connectivity index (χ2v) is 4.70. The molecule has 0 spiro atoms. The maximum atomic E-state index is 11.3. The van der Waals surface area contributed by atoms with E-state index in [0.717, 1.165) is 19.3 Å². The number of amidine groups is 1. The molecule has 0 aliphatic carbocycles. The molecule has 0 radical (unpaired) electrons. The van der Waals surface area contributed by atoms with Crippen LogP contribution in [0.5, 0.6) is 0 Å². The van der Waals surface area contributed by atoms with Crippen LogP contribution in [-0.2, 0) is 9.53 Å². The smallest absolute Gasteiger partial charge is 0.322 e. The van der Waals surface area contributed by atoms with Crippen molar-refractivity contribution in [1.29, 1.82) is 5.41 Å². The molecule has 19 heavy (non-hydrogen) atoms. The van der Waals surface area contributed by atoms with Crippen molar-refractivity contribution in [2.24, 2.45) is 11.7 Å². The van der Waals surface area contributed by atoms with Gasteiger partial charge >= 0.3 is 5.97 Å². The number of nitrogens with two attached hydrogens (primary N) is 1. The molecular weight excluding hydrogens is 289 g/mol. The van der Waals surface area contributed by atoms with Crippen LogP contribution in [-0.4, -0.2) is 30.5 Å². The van der Waals surface area contributed by atoms with Crippen molar-refractivity contribution >= 4 is 36.6 Å². The van der Waals surface area contributed by atoms with Gasteiger partial charge in [0.1, 0.15) is 6.04 Å². The molecule has 1 saturated heterocycles. The van der Waals surface area contributed by atoms with Gasteiger partial charge in [0.25, 0.3) is 0 Å². The first-order chi connectivity index (χ1) is 8.04. The lowest BCUT2D eigenvalue weighted by Gasteiger charge is -2.16. The van der Waals surface area contributed by atoms with Crippen LogP contribution in [0.15, 0.2) is 0 Å². The summed E-state index contributed by atoms with van der Waals surface area (Å²) in [6.07, 6.45) is 3.32. The predicted octanol–water partition coefficient (Wildman–Crippen LogP) is 1.87. The van der Waals surface area contributed by atoms with Crippen molar-refractivity contribution in [1.82, 2.24) is 5.32 Å². The summed E-state index contributed by atoms with van der Waals surface area (Å²) in [6.45, 7) is 4.30. The van der Waals surface area contributed by atoms with E-state index in [1.165, 1.54) is 0 Å². The molecule has 3 unspecified atom stereocenters. The fourth-order valence-corrected chi connectivity index (χ4v) is 2.17. The first kappa shape index (κ1) is 20.8. The fraction of sp³-hybridized carbons (Fsp3) is 0.833. The number of nitrogens with one attached hydrogen (secondary N) is 2. The number of hydrogen-bond donors (Lipinski definition) is 3. The van der Waals surface area contributed by atoms with E-state index < -0.39 is 6.04 Å². The zero-order valence-electron chi connectivity index (χ0n) is 11.5. The van der Waals surface area contributed by atoms with Crippen molar-refractivity contribution in [3.05, 3.63) is 0 Å². The standard InChI is InChI=1S/C12H23N3O2.2ClH/c1-3-17-12(16)9(13)5-4-6-10-8(2)7-11(14)15-10;;/h8-10H,3-7,13H2,1-2H3,(H2,14,15);2*1H. The van der Waals surface area contributed by atoms with Crippen molar-refractivity contribution in [2.75, 3.05) is 6.61 Å². The zero-order chi connectivity index (χ0) is 12.8. The van der Waals surface area contributed by atoms with E-state index >= 15 is 0 Å². The van der Waals surface area contributed by atoms with Gasteiger partial charge in [0.15, 0.2) is 0 Å². The van der Waals surface area contributed by atoms with Crippen LogP contribution in [0.3, 0.4) is 0 Å². The van der Waals surface area contributed by atoms with Crippen molar-refractivity contribution < 1.29 is 9.53 Å². The van der Waals surface area contributed by atoms with E-state index in [-0.39, 0.29) is 30.8 Å². The van der Waals surface area contributed by atoms with E-state index in [1.807, 2.05) is 0 Å². The summed E-state index contributed by atoms with van der Waals surface area (Å²) in [5.41, 5.74) is 5.71. The molecule has 0 amide bonds. The van der Waals surface area contributed by atoms with Gasteiger partial charge in [0.2, 0.25) is 0 Å². The highest BCUT2D eigenvalue weighted by Gasteiger charge is 2.26. The average Bonchev–Trinajstić information content (AvgIpc) is 2.57. The Bertz CT molecular complexity index is 290. The van der Waals surface area contributed by atoms with Crippen molar-refractivity contribution in [3.63, 3.8) is 0 Å². The lowest BCUT2D eigenvalue weighted by atomic mass is 9.97. The number of carbonyl (C=O) groups is 1. The van der Waals surface area contributed by atoms with Gasteiger partial charge in [-0.25, -0.2) is 0 Å². The Morgan fingerprint density at radius 3 is 2.68 bits per heavy atom. The van der Waals surface area contributed by atoms with Crippen molar-refractivity contribution in [2.45, 2.75) is 51.6 Å². The minimum atomic E-state index is -0.508.